The van der Waals surface area contributed by atoms with E-state index in [1.807, 2.05) is 36.2 Å². The zero-order valence-corrected chi connectivity index (χ0v) is 24.0. The molecular formula is C29H41N7O4. The molecule has 1 aromatic heterocycles. The van der Waals surface area contributed by atoms with Gasteiger partial charge in [0.15, 0.2) is 0 Å². The predicted molar refractivity (Wildman–Crippen MR) is 153 cm³/mol. The Morgan fingerprint density at radius 1 is 1.07 bits per heavy atom. The SMILES string of the molecule is CCCCC(=O)N(Cc1ccc(-c2ccccc2-c2nn[nH]n2)cc1)[C@H](CN(C)CCCCO[N+](=O)[O-])C(C)C. The lowest BCUT2D eigenvalue weighted by atomic mass is 9.97. The van der Waals surface area contributed by atoms with Gasteiger partial charge in [-0.15, -0.1) is 20.3 Å². The van der Waals surface area contributed by atoms with Crippen LogP contribution in [0.15, 0.2) is 48.5 Å². The third-order valence-corrected chi connectivity index (χ3v) is 7.00. The minimum atomic E-state index is -0.752. The van der Waals surface area contributed by atoms with Gasteiger partial charge in [-0.3, -0.25) is 4.79 Å². The Morgan fingerprint density at radius 2 is 1.80 bits per heavy atom. The van der Waals surface area contributed by atoms with E-state index in [1.54, 1.807) is 0 Å². The summed E-state index contributed by atoms with van der Waals surface area (Å²) in [6.45, 7) is 8.54. The van der Waals surface area contributed by atoms with Crippen LogP contribution in [0.4, 0.5) is 0 Å². The molecule has 0 aliphatic carbocycles. The van der Waals surface area contributed by atoms with Crippen LogP contribution in [0.25, 0.3) is 22.5 Å². The summed E-state index contributed by atoms with van der Waals surface area (Å²) in [5.74, 6) is 0.966. The van der Waals surface area contributed by atoms with E-state index in [2.05, 4.69) is 75.4 Å². The number of aromatic nitrogens is 4. The number of likely N-dealkylation sites (N-methyl/N-ethyl adjacent to an activating group) is 1. The molecule has 40 heavy (non-hydrogen) atoms. The van der Waals surface area contributed by atoms with Crippen molar-refractivity contribution < 1.29 is 14.7 Å². The second-order valence-electron chi connectivity index (χ2n) is 10.4. The first-order valence-corrected chi connectivity index (χ1v) is 14.0. The molecule has 1 atom stereocenters. The molecule has 0 fully saturated rings. The highest BCUT2D eigenvalue weighted by Gasteiger charge is 2.27. The van der Waals surface area contributed by atoms with Crippen molar-refractivity contribution in [3.05, 3.63) is 64.2 Å². The molecule has 0 unspecified atom stereocenters. The van der Waals surface area contributed by atoms with Crippen molar-refractivity contribution in [1.29, 1.82) is 0 Å². The van der Waals surface area contributed by atoms with Gasteiger partial charge in [-0.05, 0) is 60.7 Å². The van der Waals surface area contributed by atoms with Gasteiger partial charge in [-0.25, -0.2) is 0 Å². The van der Waals surface area contributed by atoms with Gasteiger partial charge in [0.25, 0.3) is 5.09 Å². The van der Waals surface area contributed by atoms with Crippen molar-refractivity contribution >= 4 is 5.91 Å². The van der Waals surface area contributed by atoms with E-state index in [9.17, 15) is 14.9 Å². The van der Waals surface area contributed by atoms with Gasteiger partial charge in [0, 0.05) is 31.1 Å². The molecule has 11 nitrogen and oxygen atoms in total. The first kappa shape index (κ1) is 30.7. The highest BCUT2D eigenvalue weighted by molar-refractivity contribution is 5.80. The maximum Gasteiger partial charge on any atom is 0.294 e. The molecule has 0 bridgehead atoms. The zero-order chi connectivity index (χ0) is 28.9. The highest BCUT2D eigenvalue weighted by Crippen LogP contribution is 2.30. The fraction of sp³-hybridized carbons (Fsp3) is 0.517. The lowest BCUT2D eigenvalue weighted by Gasteiger charge is -2.37. The van der Waals surface area contributed by atoms with Crippen LogP contribution >= 0.6 is 0 Å². The summed E-state index contributed by atoms with van der Waals surface area (Å²) < 4.78 is 0. The van der Waals surface area contributed by atoms with Crippen molar-refractivity contribution in [2.75, 3.05) is 26.7 Å². The number of carbonyl (C=O) groups excluding carboxylic acids is 1. The number of aromatic amines is 1. The minimum absolute atomic E-state index is 0.0306. The van der Waals surface area contributed by atoms with E-state index in [0.29, 0.717) is 25.2 Å². The van der Waals surface area contributed by atoms with Crippen LogP contribution in [0.2, 0.25) is 0 Å². The van der Waals surface area contributed by atoms with E-state index in [4.69, 9.17) is 0 Å². The van der Waals surface area contributed by atoms with Crippen molar-refractivity contribution in [2.24, 2.45) is 5.92 Å². The number of hydrogen-bond acceptors (Lipinski definition) is 8. The fourth-order valence-electron chi connectivity index (χ4n) is 4.76. The maximum absolute atomic E-state index is 13.5. The van der Waals surface area contributed by atoms with E-state index in [-0.39, 0.29) is 24.5 Å². The summed E-state index contributed by atoms with van der Waals surface area (Å²) in [6.07, 6.45) is 3.74. The van der Waals surface area contributed by atoms with Crippen LogP contribution in [0.1, 0.15) is 58.4 Å². The van der Waals surface area contributed by atoms with Crippen LogP contribution in [-0.4, -0.2) is 74.2 Å². The van der Waals surface area contributed by atoms with Gasteiger partial charge >= 0.3 is 0 Å². The van der Waals surface area contributed by atoms with Gasteiger partial charge in [-0.1, -0.05) is 75.7 Å². The molecule has 0 saturated heterocycles. The average molecular weight is 552 g/mol. The van der Waals surface area contributed by atoms with Crippen LogP contribution < -0.4 is 0 Å². The zero-order valence-electron chi connectivity index (χ0n) is 24.0. The van der Waals surface area contributed by atoms with Crippen molar-refractivity contribution in [3.63, 3.8) is 0 Å². The molecule has 11 heteroatoms. The molecule has 0 radical (unpaired) electrons. The summed E-state index contributed by atoms with van der Waals surface area (Å²) in [5, 5.41) is 24.1. The van der Waals surface area contributed by atoms with Crippen LogP contribution in [0.3, 0.4) is 0 Å². The van der Waals surface area contributed by atoms with Gasteiger partial charge in [0.2, 0.25) is 11.7 Å². The summed E-state index contributed by atoms with van der Waals surface area (Å²) in [4.78, 5) is 32.5. The standard InChI is InChI=1S/C29H41N7O4/c1-5-6-13-28(37)35(27(22(2)3)21-34(4)18-9-10-19-40-36(38)39)20-23-14-16-24(17-15-23)25-11-7-8-12-26(25)29-30-32-33-31-29/h7-8,11-12,14-17,22,27H,5-6,9-10,13,18-21H2,1-4H3,(H,30,31,32,33)/t27-/m1/s1. The molecule has 0 aliphatic rings. The fourth-order valence-corrected chi connectivity index (χ4v) is 4.76. The van der Waals surface area contributed by atoms with E-state index < -0.39 is 5.09 Å². The largest absolute Gasteiger partial charge is 0.334 e. The molecule has 0 aliphatic heterocycles. The molecule has 3 rings (SSSR count). The van der Waals surface area contributed by atoms with E-state index >= 15 is 0 Å². The Morgan fingerprint density at radius 3 is 2.42 bits per heavy atom. The van der Waals surface area contributed by atoms with Crippen molar-refractivity contribution in [1.82, 2.24) is 30.4 Å². The van der Waals surface area contributed by atoms with Crippen LogP contribution in [0.5, 0.6) is 0 Å². The smallest absolute Gasteiger partial charge is 0.294 e. The number of tetrazole rings is 1. The van der Waals surface area contributed by atoms with Crippen molar-refractivity contribution in [2.45, 2.75) is 65.5 Å². The summed E-state index contributed by atoms with van der Waals surface area (Å²) in [5.41, 5.74) is 4.01. The van der Waals surface area contributed by atoms with E-state index in [1.165, 1.54) is 0 Å². The van der Waals surface area contributed by atoms with Crippen LogP contribution in [-0.2, 0) is 16.2 Å². The molecular weight excluding hydrogens is 510 g/mol. The molecule has 3 aromatic rings. The van der Waals surface area contributed by atoms with Crippen molar-refractivity contribution in [3.8, 4) is 22.5 Å². The van der Waals surface area contributed by atoms with Gasteiger partial charge < -0.3 is 14.6 Å². The Balaban J connectivity index is 1.74. The second-order valence-corrected chi connectivity index (χ2v) is 10.4. The first-order valence-electron chi connectivity index (χ1n) is 14.0. The number of nitrogens with zero attached hydrogens (tertiary/aromatic N) is 6. The van der Waals surface area contributed by atoms with Gasteiger partial charge in [-0.2, -0.15) is 5.21 Å². The third kappa shape index (κ3) is 9.11. The molecule has 216 valence electrons. The Labute approximate surface area is 236 Å². The van der Waals surface area contributed by atoms with Gasteiger partial charge in [0.05, 0.1) is 6.61 Å². The quantitative estimate of drug-likeness (QED) is 0.141. The molecule has 0 spiro atoms. The lowest BCUT2D eigenvalue weighted by Crippen LogP contribution is -2.48. The normalized spacial score (nSPS) is 12.1. The predicted octanol–water partition coefficient (Wildman–Crippen LogP) is 5.00. The summed E-state index contributed by atoms with van der Waals surface area (Å²) in [7, 11) is 2.04. The number of rotatable bonds is 17. The maximum atomic E-state index is 13.5. The first-order chi connectivity index (χ1) is 19.3. The third-order valence-electron chi connectivity index (χ3n) is 7.00. The summed E-state index contributed by atoms with van der Waals surface area (Å²) >= 11 is 0. The van der Waals surface area contributed by atoms with Crippen LogP contribution in [0, 0.1) is 16.0 Å². The lowest BCUT2D eigenvalue weighted by molar-refractivity contribution is -0.757. The topological polar surface area (TPSA) is 130 Å². The highest BCUT2D eigenvalue weighted by atomic mass is 16.9. The molecule has 0 saturated carbocycles. The number of benzene rings is 2. The number of nitrogens with one attached hydrogen (secondary N) is 1. The Bertz CT molecular complexity index is 1190. The van der Waals surface area contributed by atoms with E-state index in [0.717, 1.165) is 54.6 Å². The molecule has 1 amide bonds. The number of amides is 1. The molecule has 1 heterocycles. The Kier molecular flexibility index (Phi) is 12.0. The van der Waals surface area contributed by atoms with Gasteiger partial charge in [0.1, 0.15) is 0 Å². The molecule has 1 N–H and O–H groups in total. The Hall–Kier alpha value is -3.86. The second kappa shape index (κ2) is 15.7. The number of hydrogen-bond donors (Lipinski definition) is 1. The average Bonchev–Trinajstić information content (AvgIpc) is 3.48. The monoisotopic (exact) mass is 551 g/mol. The number of unbranched alkanes of at least 4 members (excludes halogenated alkanes) is 2. The summed E-state index contributed by atoms with van der Waals surface area (Å²) in [6, 6.07) is 16.3. The number of carbonyl (C=O) groups is 1. The number of H-pyrrole nitrogens is 1. The molecule has 2 aromatic carbocycles. The minimum Gasteiger partial charge on any atom is -0.334 e.